The van der Waals surface area contributed by atoms with Crippen LogP contribution in [0.1, 0.15) is 23.0 Å². The summed E-state index contributed by atoms with van der Waals surface area (Å²) in [5.41, 5.74) is -0.659. The number of aromatic nitrogens is 1. The number of carbonyl (C=O) groups is 2. The second kappa shape index (κ2) is 6.34. The Balaban J connectivity index is 2.14. The van der Waals surface area contributed by atoms with Gasteiger partial charge in [0.15, 0.2) is 0 Å². The minimum atomic E-state index is -1.27. The number of pyridine rings is 1. The van der Waals surface area contributed by atoms with E-state index in [1.807, 2.05) is 0 Å². The summed E-state index contributed by atoms with van der Waals surface area (Å²) in [5.74, 6) is -2.15. The zero-order valence-corrected chi connectivity index (χ0v) is 11.9. The van der Waals surface area contributed by atoms with Crippen LogP contribution >= 0.6 is 0 Å². The molecule has 0 saturated heterocycles. The third-order valence-corrected chi connectivity index (χ3v) is 3.45. The molecule has 1 aromatic carbocycles. The molecule has 5 nitrogen and oxygen atoms in total. The Hall–Kier alpha value is -2.76. The highest BCUT2D eigenvalue weighted by Gasteiger charge is 2.35. The van der Waals surface area contributed by atoms with Crippen molar-refractivity contribution in [3.8, 4) is 0 Å². The minimum absolute atomic E-state index is 0.0298. The van der Waals surface area contributed by atoms with Crippen molar-refractivity contribution in [1.82, 2.24) is 10.3 Å². The Morgan fingerprint density at radius 1 is 1.23 bits per heavy atom. The summed E-state index contributed by atoms with van der Waals surface area (Å²) in [6.45, 7) is 1.42. The van der Waals surface area contributed by atoms with Gasteiger partial charge in [-0.05, 0) is 24.6 Å². The zero-order chi connectivity index (χ0) is 16.2. The van der Waals surface area contributed by atoms with Gasteiger partial charge in [0.25, 0.3) is 5.91 Å². The molecule has 0 aliphatic carbocycles. The van der Waals surface area contributed by atoms with Crippen LogP contribution < -0.4 is 5.32 Å². The van der Waals surface area contributed by atoms with Gasteiger partial charge in [-0.15, -0.1) is 0 Å². The van der Waals surface area contributed by atoms with Gasteiger partial charge in [0.2, 0.25) is 0 Å². The van der Waals surface area contributed by atoms with Gasteiger partial charge in [-0.25, -0.2) is 9.37 Å². The summed E-state index contributed by atoms with van der Waals surface area (Å²) in [4.78, 5) is 27.2. The topological polar surface area (TPSA) is 79.3 Å². The molecule has 22 heavy (non-hydrogen) atoms. The highest BCUT2D eigenvalue weighted by molar-refractivity contribution is 5.93. The first-order valence-electron chi connectivity index (χ1n) is 6.62. The lowest BCUT2D eigenvalue weighted by atomic mass is 9.82. The van der Waals surface area contributed by atoms with Crippen LogP contribution in [0.15, 0.2) is 48.7 Å². The molecule has 0 aliphatic rings. The van der Waals surface area contributed by atoms with Crippen LogP contribution in [-0.2, 0) is 10.2 Å². The number of carbonyl (C=O) groups excluding carboxylic acids is 1. The number of rotatable bonds is 5. The van der Waals surface area contributed by atoms with Crippen LogP contribution in [0.4, 0.5) is 4.39 Å². The second-order valence-corrected chi connectivity index (χ2v) is 5.05. The Morgan fingerprint density at radius 2 is 1.91 bits per heavy atom. The van der Waals surface area contributed by atoms with E-state index in [2.05, 4.69) is 10.3 Å². The highest BCUT2D eigenvalue weighted by atomic mass is 19.1. The molecule has 114 valence electrons. The molecule has 1 unspecified atom stereocenters. The number of hydrogen-bond donors (Lipinski definition) is 2. The van der Waals surface area contributed by atoms with E-state index in [0.717, 1.165) is 12.3 Å². The first-order chi connectivity index (χ1) is 10.4. The Labute approximate surface area is 126 Å². The van der Waals surface area contributed by atoms with Crippen molar-refractivity contribution >= 4 is 11.9 Å². The molecule has 1 atom stereocenters. The predicted molar refractivity (Wildman–Crippen MR) is 78.0 cm³/mol. The fourth-order valence-corrected chi connectivity index (χ4v) is 1.96. The molecule has 0 spiro atoms. The molecule has 0 saturated carbocycles. The molecule has 1 heterocycles. The summed E-state index contributed by atoms with van der Waals surface area (Å²) in [7, 11) is 0. The maximum Gasteiger partial charge on any atom is 0.315 e. The number of aliphatic carboxylic acids is 1. The van der Waals surface area contributed by atoms with Crippen LogP contribution in [0.25, 0.3) is 0 Å². The predicted octanol–water partition coefficient (Wildman–Crippen LogP) is 1.99. The Kier molecular flexibility index (Phi) is 4.50. The number of carboxylic acid groups (broad SMARTS) is 1. The third kappa shape index (κ3) is 3.28. The third-order valence-electron chi connectivity index (χ3n) is 3.45. The van der Waals surface area contributed by atoms with Crippen molar-refractivity contribution in [2.45, 2.75) is 12.3 Å². The van der Waals surface area contributed by atoms with Crippen molar-refractivity contribution in [2.24, 2.45) is 0 Å². The fourth-order valence-electron chi connectivity index (χ4n) is 1.96. The van der Waals surface area contributed by atoms with E-state index in [9.17, 15) is 19.1 Å². The van der Waals surface area contributed by atoms with Crippen LogP contribution in [0, 0.1) is 5.82 Å². The van der Waals surface area contributed by atoms with E-state index < -0.39 is 23.1 Å². The quantitative estimate of drug-likeness (QED) is 0.885. The first-order valence-corrected chi connectivity index (χ1v) is 6.62. The molecule has 0 aliphatic heterocycles. The number of carboxylic acids is 1. The van der Waals surface area contributed by atoms with E-state index in [0.29, 0.717) is 5.56 Å². The molecule has 0 radical (unpaired) electrons. The molecule has 6 heteroatoms. The number of nitrogens with one attached hydrogen (secondary N) is 1. The monoisotopic (exact) mass is 302 g/mol. The van der Waals surface area contributed by atoms with E-state index in [1.165, 1.54) is 13.0 Å². The van der Waals surface area contributed by atoms with E-state index in [-0.39, 0.29) is 12.2 Å². The lowest BCUT2D eigenvalue weighted by molar-refractivity contribution is -0.142. The van der Waals surface area contributed by atoms with Crippen LogP contribution in [-0.4, -0.2) is 28.5 Å². The molecule has 0 bridgehead atoms. The van der Waals surface area contributed by atoms with Gasteiger partial charge in [-0.1, -0.05) is 30.3 Å². The fraction of sp³-hybridized carbons (Fsp3) is 0.188. The summed E-state index contributed by atoms with van der Waals surface area (Å²) in [5, 5.41) is 12.0. The smallest absolute Gasteiger partial charge is 0.315 e. The highest BCUT2D eigenvalue weighted by Crippen LogP contribution is 2.23. The van der Waals surface area contributed by atoms with Crippen LogP contribution in [0.5, 0.6) is 0 Å². The Bertz CT molecular complexity index is 674. The average molecular weight is 302 g/mol. The zero-order valence-electron chi connectivity index (χ0n) is 11.9. The molecular weight excluding hydrogens is 287 g/mol. The standard InChI is InChI=1S/C16H15FN2O3/c1-16(15(21)22,11-5-3-2-4-6-11)10-19-14(20)13-8-7-12(17)9-18-13/h2-9H,10H2,1H3,(H,19,20)(H,21,22). The van der Waals surface area contributed by atoms with Gasteiger partial charge in [-0.3, -0.25) is 9.59 Å². The lowest BCUT2D eigenvalue weighted by Gasteiger charge is -2.25. The lowest BCUT2D eigenvalue weighted by Crippen LogP contribution is -2.44. The van der Waals surface area contributed by atoms with Gasteiger partial charge in [0, 0.05) is 6.54 Å². The largest absolute Gasteiger partial charge is 0.481 e. The molecule has 1 amide bonds. The maximum absolute atomic E-state index is 12.8. The van der Waals surface area contributed by atoms with Crippen molar-refractivity contribution in [3.63, 3.8) is 0 Å². The van der Waals surface area contributed by atoms with E-state index in [4.69, 9.17) is 0 Å². The number of hydrogen-bond acceptors (Lipinski definition) is 3. The van der Waals surface area contributed by atoms with Gasteiger partial charge in [0.1, 0.15) is 16.9 Å². The molecule has 1 aromatic heterocycles. The van der Waals surface area contributed by atoms with E-state index in [1.54, 1.807) is 30.3 Å². The number of nitrogens with zero attached hydrogens (tertiary/aromatic N) is 1. The average Bonchev–Trinajstić information content (AvgIpc) is 2.53. The first kappa shape index (κ1) is 15.6. The van der Waals surface area contributed by atoms with Crippen molar-refractivity contribution < 1.29 is 19.1 Å². The van der Waals surface area contributed by atoms with Crippen LogP contribution in [0.2, 0.25) is 0 Å². The Morgan fingerprint density at radius 3 is 2.45 bits per heavy atom. The summed E-state index contributed by atoms with van der Waals surface area (Å²) in [6.07, 6.45) is 0.933. The van der Waals surface area contributed by atoms with Gasteiger partial charge < -0.3 is 10.4 Å². The SMILES string of the molecule is CC(CNC(=O)c1ccc(F)cn1)(C(=O)O)c1ccccc1. The summed E-state index contributed by atoms with van der Waals surface area (Å²) < 4.78 is 12.8. The van der Waals surface area contributed by atoms with Gasteiger partial charge in [-0.2, -0.15) is 0 Å². The number of amides is 1. The summed E-state index contributed by atoms with van der Waals surface area (Å²) in [6, 6.07) is 11.0. The summed E-state index contributed by atoms with van der Waals surface area (Å²) >= 11 is 0. The number of halogens is 1. The molecule has 2 aromatic rings. The van der Waals surface area contributed by atoms with Crippen molar-refractivity contribution in [2.75, 3.05) is 6.54 Å². The normalized spacial score (nSPS) is 13.2. The van der Waals surface area contributed by atoms with Crippen molar-refractivity contribution in [1.29, 1.82) is 0 Å². The van der Waals surface area contributed by atoms with Crippen LogP contribution in [0.3, 0.4) is 0 Å². The van der Waals surface area contributed by atoms with Gasteiger partial charge in [0.05, 0.1) is 6.20 Å². The molecular formula is C16H15FN2O3. The van der Waals surface area contributed by atoms with Crippen molar-refractivity contribution in [3.05, 3.63) is 65.7 Å². The minimum Gasteiger partial charge on any atom is -0.481 e. The molecule has 2 N–H and O–H groups in total. The van der Waals surface area contributed by atoms with E-state index >= 15 is 0 Å². The number of benzene rings is 1. The second-order valence-electron chi connectivity index (χ2n) is 5.05. The molecule has 0 fully saturated rings. The van der Waals surface area contributed by atoms with Gasteiger partial charge >= 0.3 is 5.97 Å². The molecule has 2 rings (SSSR count). The maximum atomic E-state index is 12.8.